The standard InChI is InChI=1S/C7H10ClNO4S.C6H4Cl2O5S.C6H6ClNO5S.C6H5ClO3.C5H3ClO3.C5H4O3/c1-7(2,10)4-3-5(13-6(4)8)14(9,11)12;2*1-12-6(9)3-2-4(13-5(3)7)14(8,10)11;1-9-6(8)4-2-3-10-5(4)7;6-4-3(5(7)8)1-2-9-4;6-5(7)4-1-2-8-3-4/h3,10H,1-2H3,(H2,9,11,12);2H,1H3;2H,1H3,(H2,8,10,11);2-3H,1H3;1-2H,(H,7,8);1-3H,(H,6,7). The zero-order valence-electron chi connectivity index (χ0n) is 34.9. The zero-order valence-corrected chi connectivity index (χ0v) is 41.9. The summed E-state index contributed by atoms with van der Waals surface area (Å²) in [5.74, 6) is -4.12. The Bertz CT molecular complexity index is 2960. The number of carbonyl (C=O) groups is 5. The number of hydrogen-bond donors (Lipinski definition) is 5. The summed E-state index contributed by atoms with van der Waals surface area (Å²) in [4.78, 5) is 52.8. The lowest BCUT2D eigenvalue weighted by molar-refractivity contribution is 0.0591. The van der Waals surface area contributed by atoms with Crippen molar-refractivity contribution in [2.24, 2.45) is 10.3 Å². The Morgan fingerprint density at radius 3 is 1.20 bits per heavy atom. The molecule has 0 aliphatic carbocycles. The average Bonchev–Trinajstić information content (AvgIpc) is 4.10. The van der Waals surface area contributed by atoms with Gasteiger partial charge in [-0.1, -0.05) is 0 Å². The van der Waals surface area contributed by atoms with Gasteiger partial charge in [-0.2, -0.15) is 0 Å². The maximum Gasteiger partial charge on any atom is 0.342 e. The van der Waals surface area contributed by atoms with Crippen LogP contribution in [0.5, 0.6) is 0 Å². The van der Waals surface area contributed by atoms with Crippen molar-refractivity contribution in [1.82, 2.24) is 0 Å². The number of carboxylic acids is 2. The van der Waals surface area contributed by atoms with Crippen molar-refractivity contribution in [2.75, 3.05) is 21.3 Å². The summed E-state index contributed by atoms with van der Waals surface area (Å²) >= 11 is 27.2. The number of carbonyl (C=O) groups excluding carboxylic acids is 3. The highest BCUT2D eigenvalue weighted by molar-refractivity contribution is 8.13. The second-order valence-electron chi connectivity index (χ2n) is 12.2. The molecule has 0 radical (unpaired) electrons. The third kappa shape index (κ3) is 19.8. The van der Waals surface area contributed by atoms with E-state index in [2.05, 4.69) is 36.3 Å². The van der Waals surface area contributed by atoms with Crippen molar-refractivity contribution >= 4 is 128 Å². The third-order valence-electron chi connectivity index (χ3n) is 6.90. The molecule has 0 unspecified atom stereocenters. The summed E-state index contributed by atoms with van der Waals surface area (Å²) in [6.45, 7) is 2.91. The first-order chi connectivity index (χ1) is 31.6. The van der Waals surface area contributed by atoms with Gasteiger partial charge >= 0.3 is 29.8 Å². The van der Waals surface area contributed by atoms with Crippen molar-refractivity contribution in [3.63, 3.8) is 0 Å². The summed E-state index contributed by atoms with van der Waals surface area (Å²) in [5.41, 5.74) is -1.02. The minimum Gasteiger partial charge on any atom is -0.478 e. The number of sulfonamides is 2. The lowest BCUT2D eigenvalue weighted by Crippen LogP contribution is -2.15. The molecule has 7 N–H and O–H groups in total. The van der Waals surface area contributed by atoms with Crippen LogP contribution in [0.15, 0.2) is 103 Å². The predicted octanol–water partition coefficient (Wildman–Crippen LogP) is 7.15. The summed E-state index contributed by atoms with van der Waals surface area (Å²) in [7, 11) is -3.47. The first-order valence-corrected chi connectivity index (χ1v) is 24.2. The highest BCUT2D eigenvalue weighted by Gasteiger charge is 2.27. The van der Waals surface area contributed by atoms with Crippen LogP contribution in [0.1, 0.15) is 71.2 Å². The Labute approximate surface area is 417 Å². The van der Waals surface area contributed by atoms with E-state index >= 15 is 0 Å². The molecule has 0 aliphatic heterocycles. The fourth-order valence-corrected chi connectivity index (χ4v) is 6.69. The molecule has 0 aromatic carbocycles. The number of esters is 3. The van der Waals surface area contributed by atoms with Gasteiger partial charge in [-0.15, -0.1) is 0 Å². The minimum absolute atomic E-state index is 0.00309. The van der Waals surface area contributed by atoms with E-state index in [-0.39, 0.29) is 59.5 Å². The Hall–Kier alpha value is -5.50. The molecule has 6 aromatic heterocycles. The number of carboxylic acid groups (broad SMARTS) is 2. The highest BCUT2D eigenvalue weighted by Crippen LogP contribution is 2.32. The average molecular weight is 1160 g/mol. The normalized spacial score (nSPS) is 10.9. The van der Waals surface area contributed by atoms with Gasteiger partial charge < -0.3 is 56.0 Å². The molecule has 0 fully saturated rings. The SMILES string of the molecule is CC(C)(O)c1cc(S(N)(=O)=O)oc1Cl.COC(=O)c1cc(S(=O)(=O)Cl)oc1Cl.COC(=O)c1cc(S(N)(=O)=O)oc1Cl.COC(=O)c1ccoc1Cl.O=C(O)c1ccoc1.O=C(O)c1ccoc1Cl. The molecule has 34 heteroatoms. The van der Waals surface area contributed by atoms with E-state index in [4.69, 9.17) is 93.6 Å². The molecule has 6 aromatic rings. The van der Waals surface area contributed by atoms with Gasteiger partial charge in [0.15, 0.2) is 0 Å². The van der Waals surface area contributed by atoms with Gasteiger partial charge in [-0.3, -0.25) is 0 Å². The number of halogens is 6. The molecule has 6 rings (SSSR count). The van der Waals surface area contributed by atoms with Crippen molar-refractivity contribution in [3.05, 3.63) is 121 Å². The van der Waals surface area contributed by atoms with Crippen molar-refractivity contribution in [3.8, 4) is 0 Å². The number of hydrogen-bond acceptors (Lipinski definition) is 21. The summed E-state index contributed by atoms with van der Waals surface area (Å²) in [5, 5.41) is 33.1. The lowest BCUT2D eigenvalue weighted by atomic mass is 10.0. The maximum absolute atomic E-state index is 11.0. The van der Waals surface area contributed by atoms with Crippen LogP contribution in [0.2, 0.25) is 26.1 Å². The molecule has 0 amide bonds. The minimum atomic E-state index is -4.03. The molecule has 25 nitrogen and oxygen atoms in total. The van der Waals surface area contributed by atoms with Gasteiger partial charge in [-0.05, 0) is 90.1 Å². The number of primary sulfonamides is 2. The highest BCUT2D eigenvalue weighted by atomic mass is 35.7. The zero-order chi connectivity index (χ0) is 53.4. The number of rotatable bonds is 9. The van der Waals surface area contributed by atoms with Crippen LogP contribution in [-0.4, -0.2) is 91.7 Å². The first kappa shape index (κ1) is 61.5. The van der Waals surface area contributed by atoms with Crippen LogP contribution in [0.25, 0.3) is 0 Å². The first-order valence-electron chi connectivity index (χ1n) is 16.9. The van der Waals surface area contributed by atoms with E-state index < -0.39 is 79.8 Å². The molecule has 0 atom stereocenters. The van der Waals surface area contributed by atoms with E-state index in [9.17, 15) is 54.3 Å². The molecular formula is C35H32Cl6N2O23S3. The predicted molar refractivity (Wildman–Crippen MR) is 236 cm³/mol. The molecular weight excluding hydrogens is 1130 g/mol. The smallest absolute Gasteiger partial charge is 0.342 e. The maximum atomic E-state index is 11.0. The van der Waals surface area contributed by atoms with Crippen LogP contribution in [-0.2, 0) is 48.9 Å². The van der Waals surface area contributed by atoms with Crippen LogP contribution < -0.4 is 10.3 Å². The molecule has 0 bridgehead atoms. The number of ether oxygens (including phenoxy) is 3. The van der Waals surface area contributed by atoms with E-state index in [1.165, 1.54) is 64.2 Å². The molecule has 0 spiro atoms. The monoisotopic (exact) mass is 1150 g/mol. The van der Waals surface area contributed by atoms with Crippen molar-refractivity contribution in [2.45, 2.75) is 34.7 Å². The number of aliphatic hydroxyl groups is 1. The second-order valence-corrected chi connectivity index (χ2v) is 19.4. The van der Waals surface area contributed by atoms with Gasteiger partial charge in [0.1, 0.15) is 28.5 Å². The Morgan fingerprint density at radius 1 is 0.565 bits per heavy atom. The molecule has 69 heavy (non-hydrogen) atoms. The van der Waals surface area contributed by atoms with Crippen LogP contribution in [0, 0.1) is 0 Å². The fraction of sp³-hybridized carbons (Fsp3) is 0.171. The van der Waals surface area contributed by atoms with Gasteiger partial charge in [0.2, 0.25) is 41.4 Å². The van der Waals surface area contributed by atoms with Gasteiger partial charge in [0.25, 0.3) is 29.1 Å². The molecule has 0 saturated carbocycles. The molecule has 0 saturated heterocycles. The van der Waals surface area contributed by atoms with E-state index in [1.807, 2.05) is 0 Å². The van der Waals surface area contributed by atoms with Crippen molar-refractivity contribution < 1.29 is 105 Å². The van der Waals surface area contributed by atoms with Crippen LogP contribution in [0.3, 0.4) is 0 Å². The van der Waals surface area contributed by atoms with E-state index in [0.717, 1.165) is 32.4 Å². The third-order valence-corrected chi connectivity index (χ3v) is 11.0. The quantitative estimate of drug-likeness (QED) is 0.0545. The number of furan rings is 6. The Balaban J connectivity index is 0.000000419. The van der Waals surface area contributed by atoms with Crippen LogP contribution >= 0.6 is 68.7 Å². The summed E-state index contributed by atoms with van der Waals surface area (Å²) < 4.78 is 105. The van der Waals surface area contributed by atoms with Crippen molar-refractivity contribution in [1.29, 1.82) is 0 Å². The van der Waals surface area contributed by atoms with E-state index in [0.29, 0.717) is 0 Å². The largest absolute Gasteiger partial charge is 0.478 e. The molecule has 380 valence electrons. The van der Waals surface area contributed by atoms with E-state index in [1.54, 1.807) is 0 Å². The topological polar surface area (TPSA) is 407 Å². The fourth-order valence-electron chi connectivity index (χ4n) is 3.74. The Morgan fingerprint density at radius 2 is 0.957 bits per heavy atom. The number of methoxy groups -OCH3 is 3. The van der Waals surface area contributed by atoms with Gasteiger partial charge in [-0.25, -0.2) is 59.5 Å². The van der Waals surface area contributed by atoms with Gasteiger partial charge in [0, 0.05) is 34.4 Å². The molecule has 0 aliphatic rings. The molecule has 6 heterocycles. The second kappa shape index (κ2) is 26.5. The van der Waals surface area contributed by atoms with Gasteiger partial charge in [0.05, 0.1) is 51.3 Å². The number of aromatic carboxylic acids is 2. The summed E-state index contributed by atoms with van der Waals surface area (Å²) in [6.07, 6.45) is 5.06. The lowest BCUT2D eigenvalue weighted by Gasteiger charge is -2.14. The summed E-state index contributed by atoms with van der Waals surface area (Å²) in [6, 6.07) is 7.05. The van der Waals surface area contributed by atoms with Crippen LogP contribution in [0.4, 0.5) is 0 Å². The Kier molecular flexibility index (Phi) is 23.6. The number of nitrogens with two attached hydrogens (primary N) is 2.